The van der Waals surface area contributed by atoms with Crippen molar-refractivity contribution in [3.05, 3.63) is 87.8 Å². The van der Waals surface area contributed by atoms with E-state index in [-0.39, 0.29) is 17.5 Å². The number of fused-ring (bicyclic) bond motifs is 1. The van der Waals surface area contributed by atoms with Crippen molar-refractivity contribution in [1.29, 1.82) is 0 Å². The lowest BCUT2D eigenvalue weighted by Crippen LogP contribution is -2.42. The molecule has 0 bridgehead atoms. The van der Waals surface area contributed by atoms with Gasteiger partial charge >= 0.3 is 12.1 Å². The molecule has 0 unspecified atom stereocenters. The summed E-state index contributed by atoms with van der Waals surface area (Å²) < 4.78 is 33.5. The fourth-order valence-electron chi connectivity index (χ4n) is 4.60. The van der Waals surface area contributed by atoms with E-state index in [9.17, 15) is 22.8 Å². The van der Waals surface area contributed by atoms with Crippen molar-refractivity contribution in [3.63, 3.8) is 0 Å². The first-order valence-electron chi connectivity index (χ1n) is 13.8. The summed E-state index contributed by atoms with van der Waals surface area (Å²) in [6, 6.07) is 20.1. The number of aliphatic carboxylic acids is 1. The number of thioether (sulfide) groups is 1. The zero-order valence-electron chi connectivity index (χ0n) is 23.1. The number of rotatable bonds is 8. The summed E-state index contributed by atoms with van der Waals surface area (Å²) in [5.74, 6) is -2.69. The van der Waals surface area contributed by atoms with Crippen molar-refractivity contribution in [2.75, 3.05) is 13.1 Å². The van der Waals surface area contributed by atoms with Gasteiger partial charge < -0.3 is 15.3 Å². The molecule has 1 amide bonds. The summed E-state index contributed by atoms with van der Waals surface area (Å²) in [6.45, 7) is 3.64. The number of nitrogens with zero attached hydrogens (tertiary/aromatic N) is 3. The van der Waals surface area contributed by atoms with Gasteiger partial charge in [0.25, 0.3) is 5.56 Å². The number of benzene rings is 2. The van der Waals surface area contributed by atoms with E-state index >= 15 is 0 Å². The molecule has 1 atom stereocenters. The van der Waals surface area contributed by atoms with Crippen molar-refractivity contribution in [2.24, 2.45) is 0 Å². The van der Waals surface area contributed by atoms with Crippen LogP contribution in [0, 0.1) is 0 Å². The molecule has 1 aromatic heterocycles. The Kier molecular flexibility index (Phi) is 10.4. The number of alkyl halides is 3. The van der Waals surface area contributed by atoms with Gasteiger partial charge in [0.2, 0.25) is 5.91 Å². The van der Waals surface area contributed by atoms with Crippen molar-refractivity contribution in [3.8, 4) is 5.69 Å². The average molecular weight is 603 g/mol. The van der Waals surface area contributed by atoms with Crippen LogP contribution in [0.25, 0.3) is 5.69 Å². The Hall–Kier alpha value is -3.64. The standard InChI is InChI=1S/C28H32N4O2S.C2HF3O2/c1-20(21-9-4-2-5-10-21)29-17-15-26(33)31-18-16-25-24(19-31)27(34)32(22-11-6-3-7-12-22)28(30-25)35-23-13-8-14-23;3-2(4,5)1(6)7/h2-7,9-12,20,23,29H,8,13-19H2,1H3;(H,6,7)/t20-;/m1./s1. The van der Waals surface area contributed by atoms with Gasteiger partial charge in [-0.2, -0.15) is 13.2 Å². The summed E-state index contributed by atoms with van der Waals surface area (Å²) in [5, 5.41) is 11.9. The van der Waals surface area contributed by atoms with Crippen LogP contribution >= 0.6 is 11.8 Å². The van der Waals surface area contributed by atoms with E-state index in [2.05, 4.69) is 24.4 Å². The molecule has 0 saturated heterocycles. The summed E-state index contributed by atoms with van der Waals surface area (Å²) in [6.07, 6.45) is -0.466. The van der Waals surface area contributed by atoms with Crippen molar-refractivity contribution < 1.29 is 27.9 Å². The average Bonchev–Trinajstić information content (AvgIpc) is 2.95. The number of carboxylic acids is 1. The molecular formula is C30H33F3N4O4S. The molecule has 12 heteroatoms. The molecule has 2 N–H and O–H groups in total. The molecule has 5 rings (SSSR count). The highest BCUT2D eigenvalue weighted by molar-refractivity contribution is 7.99. The van der Waals surface area contributed by atoms with E-state index in [0.29, 0.717) is 43.3 Å². The van der Waals surface area contributed by atoms with E-state index in [0.717, 1.165) is 16.5 Å². The van der Waals surface area contributed by atoms with Crippen LogP contribution in [-0.2, 0) is 22.6 Å². The number of carbonyl (C=O) groups is 2. The van der Waals surface area contributed by atoms with Gasteiger partial charge in [-0.15, -0.1) is 0 Å². The third kappa shape index (κ3) is 8.01. The fourth-order valence-corrected chi connectivity index (χ4v) is 5.93. The smallest absolute Gasteiger partial charge is 0.475 e. The molecule has 8 nitrogen and oxygen atoms in total. The lowest BCUT2D eigenvalue weighted by Gasteiger charge is -2.30. The molecule has 1 aliphatic carbocycles. The van der Waals surface area contributed by atoms with Gasteiger partial charge in [-0.1, -0.05) is 66.7 Å². The highest BCUT2D eigenvalue weighted by Crippen LogP contribution is 2.36. The van der Waals surface area contributed by atoms with Crippen LogP contribution in [0.4, 0.5) is 13.2 Å². The van der Waals surface area contributed by atoms with E-state index < -0.39 is 12.1 Å². The number of hydrogen-bond acceptors (Lipinski definition) is 6. The third-order valence-corrected chi connectivity index (χ3v) is 8.51. The minimum absolute atomic E-state index is 0.0450. The lowest BCUT2D eigenvalue weighted by molar-refractivity contribution is -0.192. The van der Waals surface area contributed by atoms with E-state index in [1.165, 1.54) is 24.8 Å². The number of carboxylic acid groups (broad SMARTS) is 1. The first-order chi connectivity index (χ1) is 20.0. The molecule has 42 heavy (non-hydrogen) atoms. The number of para-hydroxylation sites is 1. The van der Waals surface area contributed by atoms with Gasteiger partial charge in [-0.3, -0.25) is 14.2 Å². The van der Waals surface area contributed by atoms with Crippen LogP contribution in [-0.4, -0.2) is 55.9 Å². The molecule has 224 valence electrons. The molecule has 0 radical (unpaired) electrons. The maximum Gasteiger partial charge on any atom is 0.490 e. The zero-order valence-corrected chi connectivity index (χ0v) is 24.0. The highest BCUT2D eigenvalue weighted by Gasteiger charge is 2.38. The second-order valence-electron chi connectivity index (χ2n) is 10.2. The van der Waals surface area contributed by atoms with Gasteiger partial charge in [0.1, 0.15) is 0 Å². The molecule has 2 aromatic carbocycles. The normalized spacial score (nSPS) is 15.6. The summed E-state index contributed by atoms with van der Waals surface area (Å²) in [5.41, 5.74) is 3.49. The van der Waals surface area contributed by atoms with Gasteiger partial charge in [-0.25, -0.2) is 9.78 Å². The second-order valence-corrected chi connectivity index (χ2v) is 11.4. The van der Waals surface area contributed by atoms with Crippen LogP contribution < -0.4 is 10.9 Å². The number of nitrogens with one attached hydrogen (secondary N) is 1. The molecular weight excluding hydrogens is 569 g/mol. The number of halogens is 3. The molecule has 1 fully saturated rings. The Bertz CT molecular complexity index is 1430. The van der Waals surface area contributed by atoms with Gasteiger partial charge in [0.05, 0.1) is 23.5 Å². The second kappa shape index (κ2) is 14.0. The number of carbonyl (C=O) groups excluding carboxylic acids is 1. The van der Waals surface area contributed by atoms with Crippen molar-refractivity contribution in [2.45, 2.75) is 68.2 Å². The van der Waals surface area contributed by atoms with Crippen LogP contribution in [0.3, 0.4) is 0 Å². The Balaban J connectivity index is 0.000000517. The third-order valence-electron chi connectivity index (χ3n) is 7.22. The Morgan fingerprint density at radius 2 is 1.71 bits per heavy atom. The predicted octanol–water partition coefficient (Wildman–Crippen LogP) is 5.14. The van der Waals surface area contributed by atoms with Crippen molar-refractivity contribution in [1.82, 2.24) is 19.8 Å². The van der Waals surface area contributed by atoms with Gasteiger partial charge in [0, 0.05) is 37.2 Å². The molecule has 2 aliphatic rings. The minimum atomic E-state index is -5.08. The first-order valence-corrected chi connectivity index (χ1v) is 14.7. The molecule has 1 saturated carbocycles. The maximum atomic E-state index is 13.7. The SMILES string of the molecule is C[C@@H](NCCC(=O)N1CCc2nc(SC3CCC3)n(-c3ccccc3)c(=O)c2C1)c1ccccc1.O=C(O)C(F)(F)F. The van der Waals surface area contributed by atoms with Crippen LogP contribution in [0.15, 0.2) is 70.6 Å². The molecule has 2 heterocycles. The number of aromatic nitrogens is 2. The quantitative estimate of drug-likeness (QED) is 0.344. The largest absolute Gasteiger partial charge is 0.490 e. The lowest BCUT2D eigenvalue weighted by atomic mass is 10.0. The fraction of sp³-hybridized carbons (Fsp3) is 0.400. The number of hydrogen-bond donors (Lipinski definition) is 2. The highest BCUT2D eigenvalue weighted by atomic mass is 32.2. The van der Waals surface area contributed by atoms with Gasteiger partial charge in [0.15, 0.2) is 5.16 Å². The van der Waals surface area contributed by atoms with Gasteiger partial charge in [-0.05, 0) is 37.5 Å². The molecule has 0 spiro atoms. The Labute approximate surface area is 246 Å². The summed E-state index contributed by atoms with van der Waals surface area (Å²) >= 11 is 1.72. The predicted molar refractivity (Wildman–Crippen MR) is 154 cm³/mol. The molecule has 1 aliphatic heterocycles. The van der Waals surface area contributed by atoms with E-state index in [1.807, 2.05) is 53.4 Å². The topological polar surface area (TPSA) is 105 Å². The first kappa shape index (κ1) is 31.3. The summed E-state index contributed by atoms with van der Waals surface area (Å²) in [7, 11) is 0. The Morgan fingerprint density at radius 3 is 2.29 bits per heavy atom. The van der Waals surface area contributed by atoms with Crippen molar-refractivity contribution >= 4 is 23.6 Å². The van der Waals surface area contributed by atoms with E-state index in [4.69, 9.17) is 14.9 Å². The minimum Gasteiger partial charge on any atom is -0.475 e. The summed E-state index contributed by atoms with van der Waals surface area (Å²) in [4.78, 5) is 42.4. The van der Waals surface area contributed by atoms with Crippen LogP contribution in [0.5, 0.6) is 0 Å². The zero-order chi connectivity index (χ0) is 30.3. The van der Waals surface area contributed by atoms with Crippen LogP contribution in [0.1, 0.15) is 55.5 Å². The van der Waals surface area contributed by atoms with Crippen LogP contribution in [0.2, 0.25) is 0 Å². The maximum absolute atomic E-state index is 13.7. The number of amides is 1. The monoisotopic (exact) mass is 602 g/mol. The Morgan fingerprint density at radius 1 is 1.10 bits per heavy atom. The van der Waals surface area contributed by atoms with E-state index in [1.54, 1.807) is 16.3 Å². The molecule has 3 aromatic rings.